The summed E-state index contributed by atoms with van der Waals surface area (Å²) >= 11 is 0. The Hall–Kier alpha value is -3.87. The van der Waals surface area contributed by atoms with E-state index < -0.39 is 11.2 Å². The highest BCUT2D eigenvalue weighted by molar-refractivity contribution is 5.75. The molecule has 0 fully saturated rings. The molecule has 4 aromatic carbocycles. The molecule has 2 heterocycles. The molecule has 0 N–H and O–H groups in total. The molecule has 31 heavy (non-hydrogen) atoms. The van der Waals surface area contributed by atoms with Crippen molar-refractivity contribution in [2.45, 2.75) is 11.2 Å². The lowest BCUT2D eigenvalue weighted by Crippen LogP contribution is -2.28. The second-order valence-corrected chi connectivity index (χ2v) is 7.92. The lowest BCUT2D eigenvalue weighted by Gasteiger charge is -2.32. The van der Waals surface area contributed by atoms with Crippen LogP contribution in [0.4, 0.5) is 0 Å². The first-order chi connectivity index (χ1) is 15.3. The van der Waals surface area contributed by atoms with Gasteiger partial charge in [0.2, 0.25) is 0 Å². The van der Waals surface area contributed by atoms with Crippen LogP contribution in [0.1, 0.15) is 38.9 Å². The van der Waals surface area contributed by atoms with E-state index in [1.165, 1.54) is 0 Å². The second-order valence-electron chi connectivity index (χ2n) is 7.92. The summed E-state index contributed by atoms with van der Waals surface area (Å²) in [6.45, 7) is 0. The molecule has 2 aliphatic rings. The van der Waals surface area contributed by atoms with Crippen molar-refractivity contribution in [1.82, 2.24) is 0 Å². The first-order valence-corrected chi connectivity index (χ1v) is 10.3. The maximum atomic E-state index is 10.1. The molecular formula is C28H19NO2. The Labute approximate surface area is 181 Å². The Kier molecular flexibility index (Phi) is 3.65. The van der Waals surface area contributed by atoms with E-state index in [2.05, 4.69) is 42.5 Å². The smallest absolute Gasteiger partial charge is 0.150 e. The van der Waals surface area contributed by atoms with Crippen molar-refractivity contribution in [3.63, 3.8) is 0 Å². The van der Waals surface area contributed by atoms with E-state index in [0.717, 1.165) is 39.1 Å². The summed E-state index contributed by atoms with van der Waals surface area (Å²) < 4.78 is 13.1. The minimum atomic E-state index is -0.886. The van der Waals surface area contributed by atoms with E-state index in [1.807, 2.05) is 60.7 Å². The summed E-state index contributed by atoms with van der Waals surface area (Å²) in [4.78, 5) is 0. The van der Waals surface area contributed by atoms with Crippen LogP contribution in [-0.4, -0.2) is 7.11 Å². The van der Waals surface area contributed by atoms with Crippen molar-refractivity contribution in [2.24, 2.45) is 0 Å². The van der Waals surface area contributed by atoms with E-state index in [4.69, 9.17) is 9.47 Å². The molecule has 2 atom stereocenters. The van der Waals surface area contributed by atoms with Crippen molar-refractivity contribution < 1.29 is 9.47 Å². The number of hydrogen-bond donors (Lipinski definition) is 0. The average Bonchev–Trinajstić information content (AvgIpc) is 3.35. The third kappa shape index (κ3) is 2.05. The van der Waals surface area contributed by atoms with Crippen LogP contribution in [0.25, 0.3) is 0 Å². The molecule has 6 rings (SSSR count). The largest absolute Gasteiger partial charge is 0.496 e. The minimum Gasteiger partial charge on any atom is -0.496 e. The van der Waals surface area contributed by atoms with Gasteiger partial charge in [0.05, 0.1) is 18.7 Å². The molecule has 0 saturated heterocycles. The summed E-state index contributed by atoms with van der Waals surface area (Å²) in [5.74, 6) is 0.727. The third-order valence-corrected chi connectivity index (χ3v) is 6.56. The summed E-state index contributed by atoms with van der Waals surface area (Å²) in [6, 6.07) is 34.9. The fourth-order valence-corrected chi connectivity index (χ4v) is 5.43. The molecule has 0 saturated carbocycles. The first-order valence-electron chi connectivity index (χ1n) is 10.3. The van der Waals surface area contributed by atoms with Gasteiger partial charge in [0.15, 0.2) is 0 Å². The van der Waals surface area contributed by atoms with Crippen LogP contribution in [0.3, 0.4) is 0 Å². The number of methoxy groups -OCH3 is 1. The Morgan fingerprint density at radius 1 is 0.677 bits per heavy atom. The van der Waals surface area contributed by atoms with Crippen molar-refractivity contribution in [2.75, 3.05) is 7.11 Å². The van der Waals surface area contributed by atoms with Gasteiger partial charge in [-0.15, -0.1) is 0 Å². The number of nitriles is 1. The molecule has 0 aromatic heterocycles. The maximum absolute atomic E-state index is 10.1. The normalized spacial score (nSPS) is 22.5. The molecule has 0 amide bonds. The average molecular weight is 401 g/mol. The Bertz CT molecular complexity index is 1360. The number of hydrogen-bond acceptors (Lipinski definition) is 3. The highest BCUT2D eigenvalue weighted by Gasteiger charge is 2.66. The SMILES string of the molecule is COc1ccc(C#N)c2c1C1(c3ccccc3)OC2(c2ccccc2)c2ccccc21. The summed E-state index contributed by atoms with van der Waals surface area (Å²) in [7, 11) is 1.67. The lowest BCUT2D eigenvalue weighted by molar-refractivity contribution is -0.0264. The highest BCUT2D eigenvalue weighted by Crippen LogP contribution is 2.68. The summed E-state index contributed by atoms with van der Waals surface area (Å²) in [5, 5.41) is 10.1. The number of nitrogens with zero attached hydrogens (tertiary/aromatic N) is 1. The number of ether oxygens (including phenoxy) is 2. The standard InChI is InChI=1S/C28H19NO2/c1-30-24-17-16-19(18-29)25-26(24)28(21-12-6-3-7-13-21)23-15-9-8-14-22(23)27(25,31-28)20-10-4-2-5-11-20/h2-17H,1H3. The fourth-order valence-electron chi connectivity index (χ4n) is 5.43. The van der Waals surface area contributed by atoms with Gasteiger partial charge in [-0.2, -0.15) is 5.26 Å². The lowest BCUT2D eigenvalue weighted by atomic mass is 9.67. The zero-order chi connectivity index (χ0) is 21.1. The van der Waals surface area contributed by atoms with E-state index in [0.29, 0.717) is 5.56 Å². The van der Waals surface area contributed by atoms with Crippen LogP contribution >= 0.6 is 0 Å². The van der Waals surface area contributed by atoms with Gasteiger partial charge < -0.3 is 9.47 Å². The zero-order valence-electron chi connectivity index (χ0n) is 17.0. The van der Waals surface area contributed by atoms with Crippen LogP contribution in [0.2, 0.25) is 0 Å². The first kappa shape index (κ1) is 17.9. The Morgan fingerprint density at radius 2 is 1.19 bits per heavy atom. The van der Waals surface area contributed by atoms with Gasteiger partial charge >= 0.3 is 0 Å². The minimum absolute atomic E-state index is 0.604. The molecule has 3 heteroatoms. The van der Waals surface area contributed by atoms with Crippen molar-refractivity contribution in [3.05, 3.63) is 136 Å². The fraction of sp³-hybridized carbons (Fsp3) is 0.107. The van der Waals surface area contributed by atoms with Crippen molar-refractivity contribution in [1.29, 1.82) is 5.26 Å². The summed E-state index contributed by atoms with van der Waals surface area (Å²) in [5.41, 5.74) is 4.84. The summed E-state index contributed by atoms with van der Waals surface area (Å²) in [6.07, 6.45) is 0. The maximum Gasteiger partial charge on any atom is 0.150 e. The molecule has 0 radical (unpaired) electrons. The van der Waals surface area contributed by atoms with Gasteiger partial charge in [-0.3, -0.25) is 0 Å². The molecule has 3 nitrogen and oxygen atoms in total. The topological polar surface area (TPSA) is 42.2 Å². The van der Waals surface area contributed by atoms with Gasteiger partial charge in [-0.25, -0.2) is 0 Å². The van der Waals surface area contributed by atoms with Gasteiger partial charge in [0.25, 0.3) is 0 Å². The van der Waals surface area contributed by atoms with E-state index >= 15 is 0 Å². The predicted octanol–water partition coefficient (Wildman–Crippen LogP) is 5.49. The van der Waals surface area contributed by atoms with Crippen LogP contribution < -0.4 is 4.74 Å². The van der Waals surface area contributed by atoms with Crippen LogP contribution in [-0.2, 0) is 15.9 Å². The molecule has 2 bridgehead atoms. The highest BCUT2D eigenvalue weighted by atomic mass is 16.5. The zero-order valence-corrected chi connectivity index (χ0v) is 17.0. The molecule has 148 valence electrons. The quantitative estimate of drug-likeness (QED) is 0.456. The van der Waals surface area contributed by atoms with Crippen molar-refractivity contribution in [3.8, 4) is 11.8 Å². The van der Waals surface area contributed by atoms with Gasteiger partial charge in [-0.1, -0.05) is 84.9 Å². The number of rotatable bonds is 3. The Balaban J connectivity index is 1.85. The third-order valence-electron chi connectivity index (χ3n) is 6.56. The molecule has 2 unspecified atom stereocenters. The van der Waals surface area contributed by atoms with E-state index in [1.54, 1.807) is 7.11 Å². The number of benzene rings is 4. The Morgan fingerprint density at radius 3 is 1.71 bits per heavy atom. The van der Waals surface area contributed by atoms with Crippen molar-refractivity contribution >= 4 is 0 Å². The second kappa shape index (κ2) is 6.31. The predicted molar refractivity (Wildman–Crippen MR) is 118 cm³/mol. The number of fused-ring (bicyclic) bond motifs is 8. The van der Waals surface area contributed by atoms with Crippen LogP contribution in [0.5, 0.6) is 5.75 Å². The van der Waals surface area contributed by atoms with Gasteiger partial charge in [0.1, 0.15) is 17.0 Å². The molecule has 0 spiro atoms. The molecule has 0 aliphatic carbocycles. The van der Waals surface area contributed by atoms with E-state index in [-0.39, 0.29) is 0 Å². The van der Waals surface area contributed by atoms with Crippen LogP contribution in [0.15, 0.2) is 97.1 Å². The molecular weight excluding hydrogens is 382 g/mol. The van der Waals surface area contributed by atoms with E-state index in [9.17, 15) is 5.26 Å². The monoisotopic (exact) mass is 401 g/mol. The molecule has 2 aliphatic heterocycles. The van der Waals surface area contributed by atoms with Gasteiger partial charge in [0, 0.05) is 11.1 Å². The van der Waals surface area contributed by atoms with Gasteiger partial charge in [-0.05, 0) is 34.4 Å². The molecule has 4 aromatic rings. The van der Waals surface area contributed by atoms with Crippen LogP contribution in [0, 0.1) is 11.3 Å².